The van der Waals surface area contributed by atoms with E-state index in [0.717, 1.165) is 0 Å². The average Bonchev–Trinajstić information content (AvgIpc) is 2.39. The Kier molecular flexibility index (Phi) is 4.23. The van der Waals surface area contributed by atoms with Crippen LogP contribution < -0.4 is 0 Å². The summed E-state index contributed by atoms with van der Waals surface area (Å²) in [6, 6.07) is 7.82. The van der Waals surface area contributed by atoms with E-state index in [1.807, 2.05) is 24.3 Å². The van der Waals surface area contributed by atoms with Crippen LogP contribution >= 0.6 is 15.9 Å². The average molecular weight is 309 g/mol. The van der Waals surface area contributed by atoms with E-state index in [4.69, 9.17) is 5.11 Å². The zero-order valence-electron chi connectivity index (χ0n) is 10.2. The zero-order chi connectivity index (χ0) is 13.1. The molecule has 2 rings (SSSR count). The lowest BCUT2D eigenvalue weighted by molar-refractivity contribution is -0.130. The summed E-state index contributed by atoms with van der Waals surface area (Å²) in [5.74, 6) is -0.339. The minimum atomic E-state index is -0.956. The van der Waals surface area contributed by atoms with Crippen molar-refractivity contribution in [2.75, 3.05) is 0 Å². The summed E-state index contributed by atoms with van der Waals surface area (Å²) in [5.41, 5.74) is 2.17. The summed E-state index contributed by atoms with van der Waals surface area (Å²) in [7, 11) is 0. The van der Waals surface area contributed by atoms with Crippen molar-refractivity contribution in [1.82, 2.24) is 0 Å². The van der Waals surface area contributed by atoms with E-state index < -0.39 is 5.97 Å². The van der Waals surface area contributed by atoms with Gasteiger partial charge in [0.2, 0.25) is 0 Å². The number of aliphatic carboxylic acids is 1. The Morgan fingerprint density at radius 3 is 2.22 bits per heavy atom. The molecule has 1 aromatic carbocycles. The molecule has 0 spiro atoms. The summed E-state index contributed by atoms with van der Waals surface area (Å²) in [6.45, 7) is 3.57. The van der Waals surface area contributed by atoms with E-state index in [-0.39, 0.29) is 5.57 Å². The minimum Gasteiger partial charge on any atom is -0.478 e. The van der Waals surface area contributed by atoms with Crippen LogP contribution in [-0.2, 0) is 4.79 Å². The van der Waals surface area contributed by atoms with E-state index in [9.17, 15) is 4.79 Å². The maximum absolute atomic E-state index is 10.8. The fraction of sp³-hybridized carbons (Fsp3) is 0.400. The van der Waals surface area contributed by atoms with Gasteiger partial charge in [0.15, 0.2) is 0 Å². The van der Waals surface area contributed by atoms with Crippen LogP contribution in [0.3, 0.4) is 0 Å². The summed E-state index contributed by atoms with van der Waals surface area (Å²) in [6.07, 6.45) is 4.84. The summed E-state index contributed by atoms with van der Waals surface area (Å²) in [5, 5.41) is 8.88. The van der Waals surface area contributed by atoms with Gasteiger partial charge in [-0.2, -0.15) is 0 Å². The molecule has 0 atom stereocenters. The van der Waals surface area contributed by atoms with Crippen molar-refractivity contribution in [1.29, 1.82) is 0 Å². The molecule has 1 N–H and O–H groups in total. The molecule has 0 bridgehead atoms. The van der Waals surface area contributed by atoms with Crippen molar-refractivity contribution >= 4 is 27.5 Å². The second-order valence-electron chi connectivity index (χ2n) is 4.85. The first-order valence-electron chi connectivity index (χ1n) is 6.24. The van der Waals surface area contributed by atoms with Crippen LogP contribution in [0.2, 0.25) is 0 Å². The van der Waals surface area contributed by atoms with Gasteiger partial charge in [0.05, 0.1) is 5.57 Å². The van der Waals surface area contributed by atoms with Gasteiger partial charge in [0.25, 0.3) is 0 Å². The zero-order valence-corrected chi connectivity index (χ0v) is 11.8. The Hall–Kier alpha value is -1.09. The van der Waals surface area contributed by atoms with Gasteiger partial charge in [0, 0.05) is 4.83 Å². The topological polar surface area (TPSA) is 37.3 Å². The predicted molar refractivity (Wildman–Crippen MR) is 77.0 cm³/mol. The van der Waals surface area contributed by atoms with Crippen molar-refractivity contribution in [2.45, 2.75) is 36.4 Å². The van der Waals surface area contributed by atoms with Crippen LogP contribution in [0.15, 0.2) is 30.8 Å². The van der Waals surface area contributed by atoms with Crippen molar-refractivity contribution < 1.29 is 9.90 Å². The number of hydrogen-bond donors (Lipinski definition) is 1. The molecular weight excluding hydrogens is 292 g/mol. The Morgan fingerprint density at radius 2 is 1.72 bits per heavy atom. The molecule has 1 aliphatic rings. The van der Waals surface area contributed by atoms with Crippen LogP contribution in [-0.4, -0.2) is 15.9 Å². The van der Waals surface area contributed by atoms with Gasteiger partial charge in [-0.15, -0.1) is 0 Å². The lowest BCUT2D eigenvalue weighted by Crippen LogP contribution is -2.12. The van der Waals surface area contributed by atoms with E-state index in [2.05, 4.69) is 22.5 Å². The number of rotatable bonds is 3. The van der Waals surface area contributed by atoms with E-state index >= 15 is 0 Å². The monoisotopic (exact) mass is 308 g/mol. The third-order valence-electron chi connectivity index (χ3n) is 3.65. The molecule has 0 unspecified atom stereocenters. The smallest absolute Gasteiger partial charge is 0.335 e. The maximum atomic E-state index is 10.8. The van der Waals surface area contributed by atoms with E-state index in [0.29, 0.717) is 16.3 Å². The highest BCUT2D eigenvalue weighted by molar-refractivity contribution is 9.09. The first kappa shape index (κ1) is 13.3. The van der Waals surface area contributed by atoms with Crippen molar-refractivity contribution in [3.63, 3.8) is 0 Å². The SMILES string of the molecule is C=C(C(=O)O)c1ccc(C2CCC(Br)CC2)cc1. The number of carboxylic acids is 1. The van der Waals surface area contributed by atoms with Gasteiger partial charge in [-0.3, -0.25) is 0 Å². The molecule has 0 aliphatic heterocycles. The summed E-state index contributed by atoms with van der Waals surface area (Å²) >= 11 is 3.66. The number of benzene rings is 1. The van der Waals surface area contributed by atoms with Gasteiger partial charge < -0.3 is 5.11 Å². The number of halogens is 1. The van der Waals surface area contributed by atoms with Crippen LogP contribution in [0.1, 0.15) is 42.7 Å². The first-order valence-corrected chi connectivity index (χ1v) is 7.16. The standard InChI is InChI=1S/C15H17BrO2/c1-10(15(17)18)11-2-4-12(5-3-11)13-6-8-14(16)9-7-13/h2-5,13-14H,1,6-9H2,(H,17,18). The number of carbonyl (C=O) groups is 1. The molecule has 0 aromatic heterocycles. The Labute approximate surface area is 116 Å². The molecule has 1 saturated carbocycles. The lowest BCUT2D eigenvalue weighted by atomic mass is 9.83. The highest BCUT2D eigenvalue weighted by atomic mass is 79.9. The van der Waals surface area contributed by atoms with Crippen LogP contribution in [0, 0.1) is 0 Å². The Bertz CT molecular complexity index is 442. The van der Waals surface area contributed by atoms with Gasteiger partial charge in [-0.05, 0) is 42.7 Å². The predicted octanol–water partition coefficient (Wildman–Crippen LogP) is 4.21. The molecule has 3 heteroatoms. The second kappa shape index (κ2) is 5.70. The van der Waals surface area contributed by atoms with Gasteiger partial charge in [0.1, 0.15) is 0 Å². The lowest BCUT2D eigenvalue weighted by Gasteiger charge is -2.25. The largest absolute Gasteiger partial charge is 0.478 e. The van der Waals surface area contributed by atoms with Gasteiger partial charge in [-0.25, -0.2) is 4.79 Å². The van der Waals surface area contributed by atoms with E-state index in [1.165, 1.54) is 31.2 Å². The van der Waals surface area contributed by atoms with Crippen LogP contribution in [0.4, 0.5) is 0 Å². The molecule has 0 heterocycles. The van der Waals surface area contributed by atoms with Crippen LogP contribution in [0.25, 0.3) is 5.57 Å². The van der Waals surface area contributed by atoms with E-state index in [1.54, 1.807) is 0 Å². The number of hydrogen-bond acceptors (Lipinski definition) is 1. The van der Waals surface area contributed by atoms with Crippen molar-refractivity contribution in [2.24, 2.45) is 0 Å². The first-order chi connectivity index (χ1) is 8.58. The molecule has 1 aromatic rings. The molecule has 2 nitrogen and oxygen atoms in total. The van der Waals surface area contributed by atoms with Gasteiger partial charge >= 0.3 is 5.97 Å². The highest BCUT2D eigenvalue weighted by Gasteiger charge is 2.20. The molecule has 0 radical (unpaired) electrons. The summed E-state index contributed by atoms with van der Waals surface area (Å²) < 4.78 is 0. The molecule has 0 saturated heterocycles. The molecule has 18 heavy (non-hydrogen) atoms. The summed E-state index contributed by atoms with van der Waals surface area (Å²) in [4.78, 5) is 11.5. The molecular formula is C15H17BrO2. The molecule has 0 amide bonds. The quantitative estimate of drug-likeness (QED) is 0.671. The number of alkyl halides is 1. The maximum Gasteiger partial charge on any atom is 0.335 e. The molecule has 1 fully saturated rings. The highest BCUT2D eigenvalue weighted by Crippen LogP contribution is 2.35. The molecule has 1 aliphatic carbocycles. The normalized spacial score (nSPS) is 23.6. The third-order valence-corrected chi connectivity index (χ3v) is 4.56. The number of carboxylic acid groups (broad SMARTS) is 1. The Morgan fingerprint density at radius 1 is 1.17 bits per heavy atom. The van der Waals surface area contributed by atoms with Gasteiger partial charge in [-0.1, -0.05) is 46.8 Å². The second-order valence-corrected chi connectivity index (χ2v) is 6.15. The molecule has 96 valence electrons. The van der Waals surface area contributed by atoms with Crippen molar-refractivity contribution in [3.05, 3.63) is 42.0 Å². The minimum absolute atomic E-state index is 0.158. The van der Waals surface area contributed by atoms with Crippen molar-refractivity contribution in [3.8, 4) is 0 Å². The fourth-order valence-corrected chi connectivity index (χ4v) is 2.99. The fourth-order valence-electron chi connectivity index (χ4n) is 2.47. The Balaban J connectivity index is 2.08. The third kappa shape index (κ3) is 3.02. The van der Waals surface area contributed by atoms with Crippen LogP contribution in [0.5, 0.6) is 0 Å².